The smallest absolute Gasteiger partial charge is 0.261 e. The molecular formula is C16H15N7O2. The van der Waals surface area contributed by atoms with Crippen LogP contribution in [0, 0.1) is 6.92 Å². The lowest BCUT2D eigenvalue weighted by atomic mass is 10.2. The monoisotopic (exact) mass is 337 g/mol. The van der Waals surface area contributed by atoms with Crippen LogP contribution in [0.3, 0.4) is 0 Å². The summed E-state index contributed by atoms with van der Waals surface area (Å²) in [5.74, 6) is 1.46. The lowest BCUT2D eigenvalue weighted by Crippen LogP contribution is -2.27. The second kappa shape index (κ2) is 6.19. The third-order valence-corrected chi connectivity index (χ3v) is 3.70. The molecule has 9 nitrogen and oxygen atoms in total. The molecule has 0 aromatic carbocycles. The van der Waals surface area contributed by atoms with Gasteiger partial charge in [0.25, 0.3) is 5.89 Å². The topological polar surface area (TPSA) is 103 Å². The van der Waals surface area contributed by atoms with Gasteiger partial charge in [0.1, 0.15) is 6.54 Å². The molecule has 0 saturated carbocycles. The molecule has 0 radical (unpaired) electrons. The number of hydrogen-bond acceptors (Lipinski definition) is 6. The second-order valence-electron chi connectivity index (χ2n) is 5.51. The van der Waals surface area contributed by atoms with Crippen LogP contribution in [0.25, 0.3) is 17.1 Å². The molecule has 0 atom stereocenters. The van der Waals surface area contributed by atoms with Gasteiger partial charge < -0.3 is 14.4 Å². The van der Waals surface area contributed by atoms with E-state index in [0.717, 1.165) is 0 Å². The van der Waals surface area contributed by atoms with E-state index in [0.29, 0.717) is 28.8 Å². The van der Waals surface area contributed by atoms with Crippen molar-refractivity contribution in [1.82, 2.24) is 34.6 Å². The van der Waals surface area contributed by atoms with Gasteiger partial charge >= 0.3 is 0 Å². The zero-order chi connectivity index (χ0) is 17.2. The molecule has 1 amide bonds. The minimum Gasteiger partial charge on any atom is -0.347 e. The summed E-state index contributed by atoms with van der Waals surface area (Å²) < 4.78 is 8.81. The van der Waals surface area contributed by atoms with Crippen molar-refractivity contribution in [3.05, 3.63) is 54.5 Å². The Balaban J connectivity index is 1.54. The van der Waals surface area contributed by atoms with Gasteiger partial charge in [-0.2, -0.15) is 4.98 Å². The number of hydrogen-bond donors (Lipinski definition) is 1. The zero-order valence-corrected chi connectivity index (χ0v) is 13.5. The Morgan fingerprint density at radius 1 is 1.20 bits per heavy atom. The first kappa shape index (κ1) is 15.1. The number of fused-ring (bicyclic) bond motifs is 1. The largest absolute Gasteiger partial charge is 0.347 e. The van der Waals surface area contributed by atoms with Crippen molar-refractivity contribution >= 4 is 11.6 Å². The summed E-state index contributed by atoms with van der Waals surface area (Å²) in [5.41, 5.74) is 1.29. The maximum Gasteiger partial charge on any atom is 0.261 e. The molecule has 0 aliphatic heterocycles. The highest BCUT2D eigenvalue weighted by Gasteiger charge is 2.15. The number of carbonyl (C=O) groups excluding carboxylic acids is 1. The number of amides is 1. The number of rotatable bonds is 5. The summed E-state index contributed by atoms with van der Waals surface area (Å²) in [5, 5.41) is 15.0. The Morgan fingerprint density at radius 3 is 2.80 bits per heavy atom. The first-order chi connectivity index (χ1) is 12.2. The van der Waals surface area contributed by atoms with E-state index in [1.807, 2.05) is 42.9 Å². The van der Waals surface area contributed by atoms with Crippen molar-refractivity contribution < 1.29 is 9.32 Å². The lowest BCUT2D eigenvalue weighted by molar-refractivity contribution is -0.121. The van der Waals surface area contributed by atoms with E-state index in [-0.39, 0.29) is 19.0 Å². The standard InChI is InChI=1S/C16H15N7O2/c1-11-18-16(25-21-11)12-5-4-8-23-13(19-20-15(12)23)9-17-14(24)10-22-6-2-3-7-22/h2-8H,9-10H2,1H3,(H,17,24). The minimum atomic E-state index is -0.100. The Hall–Kier alpha value is -3.49. The molecule has 4 aromatic rings. The van der Waals surface area contributed by atoms with E-state index in [4.69, 9.17) is 4.52 Å². The third-order valence-electron chi connectivity index (χ3n) is 3.70. The summed E-state index contributed by atoms with van der Waals surface area (Å²) in [6, 6.07) is 7.43. The predicted molar refractivity (Wildman–Crippen MR) is 87.3 cm³/mol. The van der Waals surface area contributed by atoms with E-state index < -0.39 is 0 Å². The van der Waals surface area contributed by atoms with E-state index >= 15 is 0 Å². The maximum atomic E-state index is 12.0. The summed E-state index contributed by atoms with van der Waals surface area (Å²) in [7, 11) is 0. The Morgan fingerprint density at radius 2 is 2.04 bits per heavy atom. The van der Waals surface area contributed by atoms with Gasteiger partial charge in [-0.05, 0) is 31.2 Å². The Labute approximate surface area is 142 Å². The number of nitrogens with zero attached hydrogens (tertiary/aromatic N) is 6. The summed E-state index contributed by atoms with van der Waals surface area (Å²) in [6.07, 6.45) is 5.50. The highest BCUT2D eigenvalue weighted by atomic mass is 16.5. The van der Waals surface area contributed by atoms with Crippen molar-refractivity contribution in [2.45, 2.75) is 20.0 Å². The average Bonchev–Trinajstić information content (AvgIpc) is 3.33. The molecule has 0 fully saturated rings. The van der Waals surface area contributed by atoms with E-state index in [1.54, 1.807) is 15.9 Å². The quantitative estimate of drug-likeness (QED) is 0.587. The van der Waals surface area contributed by atoms with Crippen LogP contribution in [0.15, 0.2) is 47.4 Å². The molecule has 4 aromatic heterocycles. The lowest BCUT2D eigenvalue weighted by Gasteiger charge is -2.05. The number of aryl methyl sites for hydroxylation is 1. The fourth-order valence-corrected chi connectivity index (χ4v) is 2.53. The second-order valence-corrected chi connectivity index (χ2v) is 5.51. The van der Waals surface area contributed by atoms with Gasteiger partial charge in [0, 0.05) is 18.6 Å². The molecule has 1 N–H and O–H groups in total. The number of pyridine rings is 1. The molecule has 0 saturated heterocycles. The van der Waals surface area contributed by atoms with Crippen molar-refractivity contribution in [3.8, 4) is 11.5 Å². The van der Waals surface area contributed by atoms with E-state index in [9.17, 15) is 4.79 Å². The van der Waals surface area contributed by atoms with Crippen LogP contribution >= 0.6 is 0 Å². The van der Waals surface area contributed by atoms with Crippen molar-refractivity contribution in [2.75, 3.05) is 0 Å². The van der Waals surface area contributed by atoms with E-state index in [2.05, 4.69) is 25.7 Å². The van der Waals surface area contributed by atoms with Crippen LogP contribution in [-0.2, 0) is 17.9 Å². The summed E-state index contributed by atoms with van der Waals surface area (Å²) in [6.45, 7) is 2.28. The van der Waals surface area contributed by atoms with Crippen LogP contribution in [0.5, 0.6) is 0 Å². The molecule has 0 aliphatic carbocycles. The van der Waals surface area contributed by atoms with Crippen LogP contribution in [0.4, 0.5) is 0 Å². The number of carbonyl (C=O) groups is 1. The molecule has 0 aliphatic rings. The molecule has 25 heavy (non-hydrogen) atoms. The molecule has 4 heterocycles. The average molecular weight is 337 g/mol. The zero-order valence-electron chi connectivity index (χ0n) is 13.5. The van der Waals surface area contributed by atoms with E-state index in [1.165, 1.54) is 0 Å². The third kappa shape index (κ3) is 2.99. The van der Waals surface area contributed by atoms with Crippen molar-refractivity contribution in [2.24, 2.45) is 0 Å². The predicted octanol–water partition coefficient (Wildman–Crippen LogP) is 1.21. The minimum absolute atomic E-state index is 0.100. The van der Waals surface area contributed by atoms with Gasteiger partial charge in [-0.1, -0.05) is 5.16 Å². The molecule has 0 unspecified atom stereocenters. The van der Waals surface area contributed by atoms with Gasteiger partial charge in [0.2, 0.25) is 5.91 Å². The molecular weight excluding hydrogens is 322 g/mol. The van der Waals surface area contributed by atoms with Gasteiger partial charge in [0.05, 0.1) is 12.1 Å². The van der Waals surface area contributed by atoms with Crippen LogP contribution in [-0.4, -0.2) is 35.2 Å². The molecule has 0 spiro atoms. The normalized spacial score (nSPS) is 11.1. The Kier molecular flexibility index (Phi) is 3.73. The van der Waals surface area contributed by atoms with Crippen molar-refractivity contribution in [3.63, 3.8) is 0 Å². The molecule has 0 bridgehead atoms. The SMILES string of the molecule is Cc1noc(-c2cccn3c(CNC(=O)Cn4cccc4)nnc23)n1. The first-order valence-corrected chi connectivity index (χ1v) is 7.71. The number of aromatic nitrogens is 6. The fraction of sp³-hybridized carbons (Fsp3) is 0.188. The van der Waals surface area contributed by atoms with Gasteiger partial charge in [-0.3, -0.25) is 9.20 Å². The molecule has 4 rings (SSSR count). The molecule has 9 heteroatoms. The fourth-order valence-electron chi connectivity index (χ4n) is 2.53. The maximum absolute atomic E-state index is 12.0. The summed E-state index contributed by atoms with van der Waals surface area (Å²) >= 11 is 0. The number of nitrogens with one attached hydrogen (secondary N) is 1. The van der Waals surface area contributed by atoms with Crippen molar-refractivity contribution in [1.29, 1.82) is 0 Å². The van der Waals surface area contributed by atoms with Crippen LogP contribution in [0.1, 0.15) is 11.6 Å². The van der Waals surface area contributed by atoms with Crippen LogP contribution < -0.4 is 5.32 Å². The van der Waals surface area contributed by atoms with Gasteiger partial charge in [-0.25, -0.2) is 0 Å². The van der Waals surface area contributed by atoms with Gasteiger partial charge in [0.15, 0.2) is 17.3 Å². The summed E-state index contributed by atoms with van der Waals surface area (Å²) in [4.78, 5) is 16.2. The first-order valence-electron chi connectivity index (χ1n) is 7.71. The highest BCUT2D eigenvalue weighted by molar-refractivity contribution is 5.75. The Bertz CT molecular complexity index is 1020. The molecule has 126 valence electrons. The van der Waals surface area contributed by atoms with Crippen LogP contribution in [0.2, 0.25) is 0 Å². The highest BCUT2D eigenvalue weighted by Crippen LogP contribution is 2.21. The van der Waals surface area contributed by atoms with Gasteiger partial charge in [-0.15, -0.1) is 10.2 Å².